The van der Waals surface area contributed by atoms with Gasteiger partial charge in [-0.25, -0.2) is 0 Å². The van der Waals surface area contributed by atoms with Gasteiger partial charge >= 0.3 is 12.2 Å². The van der Waals surface area contributed by atoms with Gasteiger partial charge in [-0.15, -0.1) is 6.58 Å². The molecule has 0 heterocycles. The van der Waals surface area contributed by atoms with Crippen LogP contribution in [0.15, 0.2) is 12.7 Å². The first-order valence-electron chi connectivity index (χ1n) is 12.3. The number of hydrogen-bond donors (Lipinski definition) is 4. The lowest BCUT2D eigenvalue weighted by Crippen LogP contribution is -2.40. The summed E-state index contributed by atoms with van der Waals surface area (Å²) >= 11 is 0. The summed E-state index contributed by atoms with van der Waals surface area (Å²) in [5.74, 6) is 0. The molecule has 0 fully saturated rings. The average molecular weight is 587 g/mol. The lowest BCUT2D eigenvalue weighted by atomic mass is 10.3. The molecule has 0 aliphatic heterocycles. The van der Waals surface area contributed by atoms with Crippen LogP contribution in [0, 0.1) is 0 Å². The molecule has 16 heteroatoms. The Labute approximate surface area is 225 Å². The van der Waals surface area contributed by atoms with Gasteiger partial charge in [0, 0.05) is 6.61 Å². The third kappa shape index (κ3) is 25.7. The van der Waals surface area contributed by atoms with E-state index in [2.05, 4.69) is 20.8 Å². The third-order valence-corrected chi connectivity index (χ3v) is 4.23. The fourth-order valence-corrected chi connectivity index (χ4v) is 2.49. The van der Waals surface area contributed by atoms with Crippen LogP contribution in [0.4, 0.5) is 17.6 Å². The summed E-state index contributed by atoms with van der Waals surface area (Å²) in [5.41, 5.74) is 0. The maximum atomic E-state index is 13.7. The fourth-order valence-electron chi connectivity index (χ4n) is 2.49. The smallest absolute Gasteiger partial charge is 0.383 e. The molecule has 0 rings (SSSR count). The van der Waals surface area contributed by atoms with Crippen molar-refractivity contribution in [3.63, 3.8) is 0 Å². The van der Waals surface area contributed by atoms with Gasteiger partial charge in [-0.1, -0.05) is 6.08 Å². The second kappa shape index (κ2) is 23.7. The SMILES string of the molecule is C=CCCOCC(O)COCCC(O)COCC(F)(F)OC(F)(F)COCOCCOCC(O)COCCO. The van der Waals surface area contributed by atoms with Crippen LogP contribution in [0.3, 0.4) is 0 Å². The second-order valence-corrected chi connectivity index (χ2v) is 8.12. The molecule has 0 saturated heterocycles. The van der Waals surface area contributed by atoms with Crippen molar-refractivity contribution in [3.05, 3.63) is 12.7 Å². The average Bonchev–Trinajstić information content (AvgIpc) is 2.85. The summed E-state index contributed by atoms with van der Waals surface area (Å²) in [6.07, 6.45) is -9.43. The van der Waals surface area contributed by atoms with E-state index in [1.54, 1.807) is 6.08 Å². The Kier molecular flexibility index (Phi) is 23.0. The van der Waals surface area contributed by atoms with Crippen LogP contribution in [-0.2, 0) is 37.9 Å². The summed E-state index contributed by atoms with van der Waals surface area (Å²) in [6, 6.07) is 0. The van der Waals surface area contributed by atoms with Crippen molar-refractivity contribution in [2.24, 2.45) is 0 Å². The molecule has 0 amide bonds. The monoisotopic (exact) mass is 586 g/mol. The van der Waals surface area contributed by atoms with Gasteiger partial charge < -0.3 is 53.6 Å². The highest BCUT2D eigenvalue weighted by Gasteiger charge is 2.44. The van der Waals surface area contributed by atoms with Crippen LogP contribution >= 0.6 is 0 Å². The molecule has 0 aliphatic carbocycles. The molecule has 3 atom stereocenters. The van der Waals surface area contributed by atoms with E-state index in [1.807, 2.05) is 0 Å². The molecule has 0 spiro atoms. The van der Waals surface area contributed by atoms with E-state index < -0.39 is 57.1 Å². The summed E-state index contributed by atoms with van der Waals surface area (Å²) in [6.45, 7) is -0.673. The van der Waals surface area contributed by atoms with Crippen molar-refractivity contribution in [3.8, 4) is 0 Å². The van der Waals surface area contributed by atoms with E-state index in [4.69, 9.17) is 28.8 Å². The second-order valence-electron chi connectivity index (χ2n) is 8.12. The zero-order chi connectivity index (χ0) is 29.4. The Morgan fingerprint density at radius 3 is 1.69 bits per heavy atom. The van der Waals surface area contributed by atoms with Crippen molar-refractivity contribution < 1.29 is 75.9 Å². The van der Waals surface area contributed by atoms with Crippen LogP contribution in [-0.4, -0.2) is 144 Å². The minimum Gasteiger partial charge on any atom is -0.394 e. The predicted octanol–water partition coefficient (Wildman–Crippen LogP) is 0.304. The Morgan fingerprint density at radius 2 is 1.10 bits per heavy atom. The van der Waals surface area contributed by atoms with E-state index in [-0.39, 0.29) is 65.9 Å². The van der Waals surface area contributed by atoms with Crippen molar-refractivity contribution in [1.82, 2.24) is 0 Å². The Bertz CT molecular complexity index is 577. The molecule has 4 N–H and O–H groups in total. The molecule has 0 bridgehead atoms. The van der Waals surface area contributed by atoms with Crippen molar-refractivity contribution >= 4 is 0 Å². The number of halogens is 4. The van der Waals surface area contributed by atoms with Gasteiger partial charge in [0.2, 0.25) is 0 Å². The number of ether oxygens (including phenoxy) is 8. The molecule has 39 heavy (non-hydrogen) atoms. The first kappa shape index (κ1) is 38.0. The van der Waals surface area contributed by atoms with E-state index in [0.29, 0.717) is 13.0 Å². The maximum Gasteiger partial charge on any atom is 0.383 e. The number of hydrogen-bond acceptors (Lipinski definition) is 12. The summed E-state index contributed by atoms with van der Waals surface area (Å²) in [5, 5.41) is 37.4. The molecule has 0 aliphatic rings. The van der Waals surface area contributed by atoms with Gasteiger partial charge in [-0.3, -0.25) is 4.74 Å². The van der Waals surface area contributed by atoms with Crippen molar-refractivity contribution in [1.29, 1.82) is 0 Å². The molecule has 0 radical (unpaired) electrons. The molecular weight excluding hydrogens is 544 g/mol. The quantitative estimate of drug-likeness (QED) is 0.0413. The minimum absolute atomic E-state index is 0.00592. The Morgan fingerprint density at radius 1 is 0.615 bits per heavy atom. The summed E-state index contributed by atoms with van der Waals surface area (Å²) in [4.78, 5) is 0. The van der Waals surface area contributed by atoms with Crippen LogP contribution in [0.2, 0.25) is 0 Å². The third-order valence-electron chi connectivity index (χ3n) is 4.23. The van der Waals surface area contributed by atoms with E-state index in [1.165, 1.54) is 0 Å². The van der Waals surface area contributed by atoms with Crippen molar-refractivity contribution in [2.75, 3.05) is 92.7 Å². The summed E-state index contributed by atoms with van der Waals surface area (Å²) < 4.78 is 92.2. The van der Waals surface area contributed by atoms with E-state index in [9.17, 15) is 32.9 Å². The van der Waals surface area contributed by atoms with Gasteiger partial charge in [-0.05, 0) is 12.8 Å². The summed E-state index contributed by atoms with van der Waals surface area (Å²) in [7, 11) is 0. The first-order chi connectivity index (χ1) is 18.5. The fraction of sp³-hybridized carbons (Fsp3) is 0.913. The van der Waals surface area contributed by atoms with Gasteiger partial charge in [0.15, 0.2) is 0 Å². The van der Waals surface area contributed by atoms with Crippen LogP contribution in [0.1, 0.15) is 12.8 Å². The molecule has 12 nitrogen and oxygen atoms in total. The first-order valence-corrected chi connectivity index (χ1v) is 12.3. The van der Waals surface area contributed by atoms with Crippen LogP contribution in [0.25, 0.3) is 0 Å². The minimum atomic E-state index is -4.37. The highest BCUT2D eigenvalue weighted by Crippen LogP contribution is 2.27. The molecule has 3 unspecified atom stereocenters. The van der Waals surface area contributed by atoms with Gasteiger partial charge in [-0.2, -0.15) is 17.6 Å². The standard InChI is InChI=1S/C23H42F4O12/c1-2-3-6-32-12-20(30)13-33-7-4-19(29)11-37-16-22(24,25)39-23(26,27)17-38-18-36-10-9-35-15-21(31)14-34-8-5-28/h2,19-21,28-31H,1,3-18H2. The van der Waals surface area contributed by atoms with Crippen LogP contribution < -0.4 is 0 Å². The zero-order valence-electron chi connectivity index (χ0n) is 21.9. The Hall–Kier alpha value is -1.02. The molecule has 0 aromatic carbocycles. The lowest BCUT2D eigenvalue weighted by Gasteiger charge is -2.24. The lowest BCUT2D eigenvalue weighted by molar-refractivity contribution is -0.396. The highest BCUT2D eigenvalue weighted by atomic mass is 19.3. The highest BCUT2D eigenvalue weighted by molar-refractivity contribution is 4.65. The number of alkyl halides is 4. The Balaban J connectivity index is 3.84. The van der Waals surface area contributed by atoms with Gasteiger partial charge in [0.25, 0.3) is 0 Å². The molecule has 0 aromatic rings. The maximum absolute atomic E-state index is 13.7. The topological polar surface area (TPSA) is 155 Å². The van der Waals surface area contributed by atoms with Gasteiger partial charge in [0.1, 0.15) is 32.2 Å². The largest absolute Gasteiger partial charge is 0.394 e. The molecule has 0 saturated carbocycles. The van der Waals surface area contributed by atoms with Crippen molar-refractivity contribution in [2.45, 2.75) is 43.4 Å². The van der Waals surface area contributed by atoms with Gasteiger partial charge in [0.05, 0.1) is 72.2 Å². The number of rotatable bonds is 29. The number of aliphatic hydroxyl groups is 4. The normalized spacial score (nSPS) is 14.9. The predicted molar refractivity (Wildman–Crippen MR) is 126 cm³/mol. The number of aliphatic hydroxyl groups excluding tert-OH is 4. The molecular formula is C23H42F4O12. The van der Waals surface area contributed by atoms with E-state index in [0.717, 1.165) is 0 Å². The van der Waals surface area contributed by atoms with Crippen LogP contribution in [0.5, 0.6) is 0 Å². The zero-order valence-corrected chi connectivity index (χ0v) is 21.9. The van der Waals surface area contributed by atoms with E-state index >= 15 is 0 Å². The molecule has 234 valence electrons. The molecule has 0 aromatic heterocycles.